The minimum atomic E-state index is 0.652. The van der Waals surface area contributed by atoms with Crippen molar-refractivity contribution in [2.45, 2.75) is 0 Å². The summed E-state index contributed by atoms with van der Waals surface area (Å²) in [5, 5.41) is 4.99. The van der Waals surface area contributed by atoms with Gasteiger partial charge in [0.1, 0.15) is 0 Å². The Hall–Kier alpha value is -2.49. The van der Waals surface area contributed by atoms with Gasteiger partial charge in [0.25, 0.3) is 0 Å². The van der Waals surface area contributed by atoms with Gasteiger partial charge >= 0.3 is 0 Å². The minimum absolute atomic E-state index is 0.652. The van der Waals surface area contributed by atoms with Crippen LogP contribution in [0.5, 0.6) is 0 Å². The maximum Gasteiger partial charge on any atom is 0.150 e. The molecule has 0 bridgehead atoms. The van der Waals surface area contributed by atoms with E-state index in [1.165, 1.54) is 0 Å². The molecule has 0 radical (unpaired) electrons. The third-order valence-electron chi connectivity index (χ3n) is 2.88. The lowest BCUT2D eigenvalue weighted by Gasteiger charge is -2.03. The van der Waals surface area contributed by atoms with E-state index in [1.54, 1.807) is 16.9 Å². The van der Waals surface area contributed by atoms with Crippen molar-refractivity contribution in [2.75, 3.05) is 0 Å². The molecule has 0 amide bonds. The maximum atomic E-state index is 11.2. The zero-order chi connectivity index (χ0) is 12.5. The molecule has 0 spiro atoms. The minimum Gasteiger partial charge on any atom is -0.298 e. The first kappa shape index (κ1) is 10.7. The van der Waals surface area contributed by atoms with Crippen molar-refractivity contribution >= 4 is 17.2 Å². The van der Waals surface area contributed by atoms with E-state index in [0.29, 0.717) is 5.56 Å². The number of carbonyl (C=O) groups excluding carboxylic acids is 1. The quantitative estimate of drug-likeness (QED) is 0.643. The lowest BCUT2D eigenvalue weighted by molar-refractivity contribution is 0.112. The normalized spacial score (nSPS) is 10.7. The third kappa shape index (κ3) is 1.68. The van der Waals surface area contributed by atoms with Crippen molar-refractivity contribution in [1.82, 2.24) is 14.8 Å². The monoisotopic (exact) mass is 237 g/mol. The molecule has 3 rings (SSSR count). The second kappa shape index (κ2) is 4.07. The predicted molar refractivity (Wildman–Crippen MR) is 69.3 cm³/mol. The molecule has 0 saturated heterocycles. The Morgan fingerprint density at radius 2 is 2.11 bits per heavy atom. The molecule has 88 valence electrons. The van der Waals surface area contributed by atoms with Gasteiger partial charge in [-0.2, -0.15) is 5.10 Å². The fourth-order valence-corrected chi connectivity index (χ4v) is 2.00. The van der Waals surface area contributed by atoms with Gasteiger partial charge in [-0.25, -0.2) is 4.98 Å². The van der Waals surface area contributed by atoms with Crippen LogP contribution in [0, 0.1) is 0 Å². The Labute approximate surface area is 104 Å². The molecule has 4 nitrogen and oxygen atoms in total. The van der Waals surface area contributed by atoms with Crippen molar-refractivity contribution in [3.8, 4) is 11.3 Å². The van der Waals surface area contributed by atoms with E-state index in [4.69, 9.17) is 0 Å². The van der Waals surface area contributed by atoms with Crippen LogP contribution in [0.3, 0.4) is 0 Å². The Bertz CT molecular complexity index is 731. The van der Waals surface area contributed by atoms with Gasteiger partial charge in [-0.3, -0.25) is 9.48 Å². The summed E-state index contributed by atoms with van der Waals surface area (Å²) in [6, 6.07) is 9.42. The molecule has 2 aromatic heterocycles. The maximum absolute atomic E-state index is 11.2. The van der Waals surface area contributed by atoms with Crippen molar-refractivity contribution < 1.29 is 4.79 Å². The van der Waals surface area contributed by atoms with Gasteiger partial charge < -0.3 is 0 Å². The molecule has 2 heterocycles. The smallest absolute Gasteiger partial charge is 0.150 e. The number of para-hydroxylation sites is 1. The second-order valence-corrected chi connectivity index (χ2v) is 4.13. The molecule has 0 aliphatic heterocycles. The fourth-order valence-electron chi connectivity index (χ4n) is 2.00. The van der Waals surface area contributed by atoms with Crippen molar-refractivity contribution in [3.63, 3.8) is 0 Å². The number of rotatable bonds is 2. The van der Waals surface area contributed by atoms with E-state index < -0.39 is 0 Å². The zero-order valence-electron chi connectivity index (χ0n) is 9.87. The summed E-state index contributed by atoms with van der Waals surface area (Å²) in [5.74, 6) is 0. The highest BCUT2D eigenvalue weighted by atomic mass is 16.1. The third-order valence-corrected chi connectivity index (χ3v) is 2.88. The van der Waals surface area contributed by atoms with Gasteiger partial charge in [-0.1, -0.05) is 18.2 Å². The molecule has 0 aliphatic carbocycles. The number of aromatic nitrogens is 3. The number of nitrogens with zero attached hydrogens (tertiary/aromatic N) is 3. The van der Waals surface area contributed by atoms with Gasteiger partial charge in [-0.15, -0.1) is 0 Å². The van der Waals surface area contributed by atoms with E-state index in [2.05, 4.69) is 10.1 Å². The summed E-state index contributed by atoms with van der Waals surface area (Å²) in [6.07, 6.45) is 4.49. The van der Waals surface area contributed by atoms with Crippen molar-refractivity contribution in [2.24, 2.45) is 7.05 Å². The van der Waals surface area contributed by atoms with Crippen LogP contribution in [0.25, 0.3) is 22.2 Å². The van der Waals surface area contributed by atoms with E-state index >= 15 is 0 Å². The molecule has 0 saturated carbocycles. The number of pyridine rings is 1. The molecule has 0 fully saturated rings. The first-order valence-corrected chi connectivity index (χ1v) is 5.62. The largest absolute Gasteiger partial charge is 0.298 e. The predicted octanol–water partition coefficient (Wildman–Crippen LogP) is 2.45. The van der Waals surface area contributed by atoms with Crippen LogP contribution in [0.4, 0.5) is 0 Å². The van der Waals surface area contributed by atoms with Crippen LogP contribution < -0.4 is 0 Å². The lowest BCUT2D eigenvalue weighted by Crippen LogP contribution is -1.90. The standard InChI is InChI=1S/C14H11N3O/c1-17-8-11(7-15-17)14-6-10(9-18)12-4-2-3-5-13(12)16-14/h2-9H,1H3. The fraction of sp³-hybridized carbons (Fsp3) is 0.0714. The summed E-state index contributed by atoms with van der Waals surface area (Å²) < 4.78 is 1.72. The summed E-state index contributed by atoms with van der Waals surface area (Å²) in [4.78, 5) is 15.7. The molecule has 0 atom stereocenters. The van der Waals surface area contributed by atoms with Crippen LogP contribution in [0.15, 0.2) is 42.7 Å². The van der Waals surface area contributed by atoms with Gasteiger partial charge in [0.2, 0.25) is 0 Å². The molecule has 4 heteroatoms. The summed E-state index contributed by atoms with van der Waals surface area (Å²) >= 11 is 0. The number of carbonyl (C=O) groups is 1. The van der Waals surface area contributed by atoms with E-state index in [9.17, 15) is 4.79 Å². The van der Waals surface area contributed by atoms with Crippen molar-refractivity contribution in [1.29, 1.82) is 0 Å². The summed E-state index contributed by atoms with van der Waals surface area (Å²) in [5.41, 5.74) is 3.15. The molecule has 3 aromatic rings. The molecule has 18 heavy (non-hydrogen) atoms. The van der Waals surface area contributed by atoms with E-state index in [-0.39, 0.29) is 0 Å². The molecular formula is C14H11N3O. The van der Waals surface area contributed by atoms with Crippen LogP contribution >= 0.6 is 0 Å². The summed E-state index contributed by atoms with van der Waals surface area (Å²) in [6.45, 7) is 0. The Morgan fingerprint density at radius 1 is 1.28 bits per heavy atom. The number of hydrogen-bond acceptors (Lipinski definition) is 3. The zero-order valence-corrected chi connectivity index (χ0v) is 9.87. The van der Waals surface area contributed by atoms with Crippen LogP contribution in [0.2, 0.25) is 0 Å². The average Bonchev–Trinajstić information content (AvgIpc) is 2.84. The number of fused-ring (bicyclic) bond motifs is 1. The number of benzene rings is 1. The first-order valence-electron chi connectivity index (χ1n) is 5.62. The van der Waals surface area contributed by atoms with E-state index in [1.807, 2.05) is 37.5 Å². The van der Waals surface area contributed by atoms with Gasteiger partial charge in [-0.05, 0) is 12.1 Å². The van der Waals surface area contributed by atoms with Gasteiger partial charge in [0.05, 0.1) is 17.4 Å². The highest BCUT2D eigenvalue weighted by Gasteiger charge is 2.07. The Balaban J connectivity index is 2.28. The highest BCUT2D eigenvalue weighted by Crippen LogP contribution is 2.23. The van der Waals surface area contributed by atoms with E-state index in [0.717, 1.165) is 28.4 Å². The molecule has 0 unspecified atom stereocenters. The van der Waals surface area contributed by atoms with Crippen LogP contribution in [-0.4, -0.2) is 21.1 Å². The molecule has 0 aliphatic rings. The van der Waals surface area contributed by atoms with Crippen molar-refractivity contribution in [3.05, 3.63) is 48.3 Å². The van der Waals surface area contributed by atoms with Gasteiger partial charge in [0.15, 0.2) is 6.29 Å². The molecule has 1 aromatic carbocycles. The number of aldehydes is 1. The molecular weight excluding hydrogens is 226 g/mol. The Morgan fingerprint density at radius 3 is 2.83 bits per heavy atom. The van der Waals surface area contributed by atoms with Crippen LogP contribution in [-0.2, 0) is 7.05 Å². The topological polar surface area (TPSA) is 47.8 Å². The molecule has 0 N–H and O–H groups in total. The SMILES string of the molecule is Cn1cc(-c2cc(C=O)c3ccccc3n2)cn1. The van der Waals surface area contributed by atoms with Crippen LogP contribution in [0.1, 0.15) is 10.4 Å². The highest BCUT2D eigenvalue weighted by molar-refractivity contribution is 5.97. The number of aryl methyl sites for hydroxylation is 1. The summed E-state index contributed by atoms with van der Waals surface area (Å²) in [7, 11) is 1.85. The first-order chi connectivity index (χ1) is 8.78. The Kier molecular flexibility index (Phi) is 2.41. The van der Waals surface area contributed by atoms with Gasteiger partial charge in [0, 0.05) is 29.8 Å². The average molecular weight is 237 g/mol. The second-order valence-electron chi connectivity index (χ2n) is 4.13. The lowest BCUT2D eigenvalue weighted by atomic mass is 10.1. The number of hydrogen-bond donors (Lipinski definition) is 0.